The fraction of sp³-hybridized carbons (Fsp3) is 0.909. The van der Waals surface area contributed by atoms with Gasteiger partial charge in [0.2, 0.25) is 15.9 Å². The molecule has 1 fully saturated rings. The molecule has 0 spiro atoms. The smallest absolute Gasteiger partial charge is 0.222 e. The van der Waals surface area contributed by atoms with Crippen LogP contribution in [0.4, 0.5) is 0 Å². The van der Waals surface area contributed by atoms with Gasteiger partial charge in [-0.3, -0.25) is 4.79 Å². The molecule has 1 aliphatic heterocycles. The van der Waals surface area contributed by atoms with E-state index in [4.69, 9.17) is 4.74 Å². The van der Waals surface area contributed by atoms with E-state index in [1.54, 1.807) is 0 Å². The van der Waals surface area contributed by atoms with E-state index in [-0.39, 0.29) is 18.6 Å². The van der Waals surface area contributed by atoms with Gasteiger partial charge in [-0.05, 0) is 25.9 Å². The number of amides is 1. The summed E-state index contributed by atoms with van der Waals surface area (Å²) in [5.41, 5.74) is 0. The molecule has 0 unspecified atom stereocenters. The molecule has 0 bridgehead atoms. The van der Waals surface area contributed by atoms with Gasteiger partial charge in [-0.2, -0.15) is 0 Å². The van der Waals surface area contributed by atoms with Gasteiger partial charge in [0, 0.05) is 19.5 Å². The molecule has 0 aliphatic carbocycles. The zero-order valence-corrected chi connectivity index (χ0v) is 12.1. The molecular formula is C11H23N3O4S. The van der Waals surface area contributed by atoms with Crippen LogP contribution in [0, 0.1) is 0 Å². The minimum Gasteiger partial charge on any atom is -0.378 e. The Bertz CT molecular complexity index is 366. The third kappa shape index (κ3) is 8.93. The summed E-state index contributed by atoms with van der Waals surface area (Å²) in [6.45, 7) is 2.84. The quantitative estimate of drug-likeness (QED) is 0.489. The molecule has 112 valence electrons. The third-order valence-corrected chi connectivity index (χ3v) is 3.51. The van der Waals surface area contributed by atoms with Gasteiger partial charge < -0.3 is 15.4 Å². The van der Waals surface area contributed by atoms with Crippen molar-refractivity contribution in [2.75, 3.05) is 39.0 Å². The predicted molar refractivity (Wildman–Crippen MR) is 72.3 cm³/mol. The highest BCUT2D eigenvalue weighted by Gasteiger charge is 2.13. The van der Waals surface area contributed by atoms with E-state index < -0.39 is 10.0 Å². The van der Waals surface area contributed by atoms with Crippen molar-refractivity contribution >= 4 is 15.9 Å². The van der Waals surface area contributed by atoms with Gasteiger partial charge in [0.05, 0.1) is 19.0 Å². The molecule has 0 aromatic carbocycles. The minimum absolute atomic E-state index is 0.121. The predicted octanol–water partition coefficient (Wildman–Crippen LogP) is -1.19. The number of piperidine rings is 1. The van der Waals surface area contributed by atoms with Gasteiger partial charge in [0.25, 0.3) is 0 Å². The molecule has 0 radical (unpaired) electrons. The van der Waals surface area contributed by atoms with Crippen molar-refractivity contribution in [2.45, 2.75) is 25.4 Å². The SMILES string of the molecule is CS(=O)(=O)NCCNC(=O)CCOC1CCNCC1. The van der Waals surface area contributed by atoms with Crippen LogP contribution in [0.25, 0.3) is 0 Å². The Hall–Kier alpha value is -0.700. The van der Waals surface area contributed by atoms with E-state index in [0.29, 0.717) is 19.6 Å². The molecule has 1 saturated heterocycles. The first-order valence-corrected chi connectivity index (χ1v) is 8.40. The molecule has 19 heavy (non-hydrogen) atoms. The molecule has 0 aromatic heterocycles. The lowest BCUT2D eigenvalue weighted by Crippen LogP contribution is -2.35. The molecule has 1 rings (SSSR count). The van der Waals surface area contributed by atoms with Crippen LogP contribution in [0.5, 0.6) is 0 Å². The summed E-state index contributed by atoms with van der Waals surface area (Å²) in [5.74, 6) is -0.121. The normalized spacial score (nSPS) is 17.3. The van der Waals surface area contributed by atoms with Crippen LogP contribution in [-0.4, -0.2) is 59.5 Å². The minimum atomic E-state index is -3.19. The van der Waals surface area contributed by atoms with Crippen molar-refractivity contribution in [3.05, 3.63) is 0 Å². The maximum absolute atomic E-state index is 11.4. The summed E-state index contributed by atoms with van der Waals surface area (Å²) < 4.78 is 29.5. The summed E-state index contributed by atoms with van der Waals surface area (Å²) in [4.78, 5) is 11.4. The van der Waals surface area contributed by atoms with E-state index in [9.17, 15) is 13.2 Å². The Balaban J connectivity index is 1.98. The number of sulfonamides is 1. The fourth-order valence-electron chi connectivity index (χ4n) is 1.81. The Morgan fingerprint density at radius 2 is 2.00 bits per heavy atom. The zero-order valence-electron chi connectivity index (χ0n) is 11.3. The van der Waals surface area contributed by atoms with Gasteiger partial charge >= 0.3 is 0 Å². The number of ether oxygens (including phenoxy) is 1. The van der Waals surface area contributed by atoms with Gasteiger partial charge in [-0.15, -0.1) is 0 Å². The number of carbonyl (C=O) groups excluding carboxylic acids is 1. The Morgan fingerprint density at radius 1 is 1.32 bits per heavy atom. The highest BCUT2D eigenvalue weighted by atomic mass is 32.2. The largest absolute Gasteiger partial charge is 0.378 e. The van der Waals surface area contributed by atoms with E-state index in [1.807, 2.05) is 0 Å². The first-order chi connectivity index (χ1) is 8.97. The maximum atomic E-state index is 11.4. The second kappa shape index (κ2) is 8.47. The van der Waals surface area contributed by atoms with Gasteiger partial charge in [-0.25, -0.2) is 13.1 Å². The molecule has 0 atom stereocenters. The lowest BCUT2D eigenvalue weighted by Gasteiger charge is -2.22. The van der Waals surface area contributed by atoms with Gasteiger partial charge in [0.1, 0.15) is 0 Å². The highest BCUT2D eigenvalue weighted by Crippen LogP contribution is 2.07. The van der Waals surface area contributed by atoms with Gasteiger partial charge in [-0.1, -0.05) is 0 Å². The summed E-state index contributed by atoms with van der Waals surface area (Å²) in [5, 5.41) is 5.88. The van der Waals surface area contributed by atoms with Crippen molar-refractivity contribution in [3.8, 4) is 0 Å². The van der Waals surface area contributed by atoms with Crippen LogP contribution in [0.15, 0.2) is 0 Å². The van der Waals surface area contributed by atoms with Crippen molar-refractivity contribution in [2.24, 2.45) is 0 Å². The van der Waals surface area contributed by atoms with E-state index >= 15 is 0 Å². The molecule has 7 nitrogen and oxygen atoms in total. The topological polar surface area (TPSA) is 96.5 Å². The monoisotopic (exact) mass is 293 g/mol. The van der Waals surface area contributed by atoms with Crippen LogP contribution in [0.3, 0.4) is 0 Å². The van der Waals surface area contributed by atoms with E-state index in [0.717, 1.165) is 32.2 Å². The lowest BCUT2D eigenvalue weighted by atomic mass is 10.1. The summed E-state index contributed by atoms with van der Waals surface area (Å²) >= 11 is 0. The van der Waals surface area contributed by atoms with Crippen LogP contribution in [0.2, 0.25) is 0 Å². The Morgan fingerprint density at radius 3 is 2.63 bits per heavy atom. The molecule has 1 heterocycles. The number of hydrogen-bond acceptors (Lipinski definition) is 5. The average molecular weight is 293 g/mol. The molecule has 1 aliphatic rings. The standard InChI is InChI=1S/C11H23N3O4S/c1-19(16,17)14-8-7-13-11(15)4-9-18-10-2-5-12-6-3-10/h10,12,14H,2-9H2,1H3,(H,13,15). The Labute approximate surface area is 114 Å². The molecule has 0 aromatic rings. The summed E-state index contributed by atoms with van der Waals surface area (Å²) in [7, 11) is -3.19. The van der Waals surface area contributed by atoms with Gasteiger partial charge in [0.15, 0.2) is 0 Å². The number of nitrogens with one attached hydrogen (secondary N) is 3. The third-order valence-electron chi connectivity index (χ3n) is 2.78. The molecular weight excluding hydrogens is 270 g/mol. The molecule has 1 amide bonds. The summed E-state index contributed by atoms with van der Waals surface area (Å²) in [6.07, 6.45) is 3.62. The number of carbonyl (C=O) groups is 1. The number of hydrogen-bond donors (Lipinski definition) is 3. The van der Waals surface area contributed by atoms with Crippen molar-refractivity contribution in [1.29, 1.82) is 0 Å². The molecule has 0 saturated carbocycles. The molecule has 8 heteroatoms. The average Bonchev–Trinajstić information content (AvgIpc) is 2.35. The lowest BCUT2D eigenvalue weighted by molar-refractivity contribution is -0.122. The highest BCUT2D eigenvalue weighted by molar-refractivity contribution is 7.88. The fourth-order valence-corrected chi connectivity index (χ4v) is 2.28. The van der Waals surface area contributed by atoms with Crippen molar-refractivity contribution in [3.63, 3.8) is 0 Å². The zero-order chi connectivity index (χ0) is 14.1. The second-order valence-corrected chi connectivity index (χ2v) is 6.42. The van der Waals surface area contributed by atoms with Crippen molar-refractivity contribution in [1.82, 2.24) is 15.4 Å². The van der Waals surface area contributed by atoms with E-state index in [1.165, 1.54) is 0 Å². The summed E-state index contributed by atoms with van der Waals surface area (Å²) in [6, 6.07) is 0. The molecule has 3 N–H and O–H groups in total. The number of rotatable bonds is 8. The first-order valence-electron chi connectivity index (χ1n) is 6.51. The van der Waals surface area contributed by atoms with Crippen LogP contribution in [0.1, 0.15) is 19.3 Å². The first kappa shape index (κ1) is 16.4. The van der Waals surface area contributed by atoms with Crippen molar-refractivity contribution < 1.29 is 17.9 Å². The second-order valence-electron chi connectivity index (χ2n) is 4.59. The van der Waals surface area contributed by atoms with Crippen LogP contribution < -0.4 is 15.4 Å². The van der Waals surface area contributed by atoms with Crippen LogP contribution in [-0.2, 0) is 19.6 Å². The van der Waals surface area contributed by atoms with Crippen LogP contribution >= 0.6 is 0 Å². The van der Waals surface area contributed by atoms with E-state index in [2.05, 4.69) is 15.4 Å². The Kier molecular flexibility index (Phi) is 7.29. The maximum Gasteiger partial charge on any atom is 0.222 e.